The molecule has 0 bridgehead atoms. The lowest BCUT2D eigenvalue weighted by molar-refractivity contribution is -0.129. The Hall–Kier alpha value is -3.58. The molecule has 3 rings (SSSR count). The molecule has 0 aliphatic heterocycles. The van der Waals surface area contributed by atoms with E-state index in [-0.39, 0.29) is 11.5 Å². The van der Waals surface area contributed by atoms with Crippen LogP contribution in [-0.4, -0.2) is 14.4 Å². The lowest BCUT2D eigenvalue weighted by Gasteiger charge is -2.11. The molecule has 28 heavy (non-hydrogen) atoms. The van der Waals surface area contributed by atoms with Crippen LogP contribution < -0.4 is 14.2 Å². The van der Waals surface area contributed by atoms with Gasteiger partial charge in [0.25, 0.3) is 0 Å². The van der Waals surface area contributed by atoms with Gasteiger partial charge < -0.3 is 14.2 Å². The van der Waals surface area contributed by atoms with Crippen molar-refractivity contribution in [2.24, 2.45) is 0 Å². The maximum absolute atomic E-state index is 12.7. The zero-order valence-corrected chi connectivity index (χ0v) is 15.5. The molecule has 0 atom stereocenters. The molecular weight excluding hydrogens is 378 g/mol. The summed E-state index contributed by atoms with van der Waals surface area (Å²) in [5.41, 5.74) is 0.599. The summed E-state index contributed by atoms with van der Waals surface area (Å²) in [6.45, 7) is 0. The Morgan fingerprint density at radius 1 is 0.750 bits per heavy atom. The third-order valence-corrected chi connectivity index (χ3v) is 4.75. The molecule has 0 aliphatic rings. The summed E-state index contributed by atoms with van der Waals surface area (Å²) >= 11 is 0. The zero-order valence-electron chi connectivity index (χ0n) is 14.7. The molecule has 0 fully saturated rings. The largest absolute Gasteiger partial charge is 0.422 e. The smallest absolute Gasteiger partial charge is 0.360 e. The van der Waals surface area contributed by atoms with Crippen molar-refractivity contribution < 1.29 is 22.1 Å². The molecule has 0 unspecified atom stereocenters. The van der Waals surface area contributed by atoms with E-state index >= 15 is 0 Å². The standard InChI is InChI=1S/C21H17NO5S/c23-21(26-18-12-6-2-7-13-18)20(16-22-17-10-4-1-5-11-17)28(24,25)27-19-14-8-3-9-15-19/h1-16,22H/b20-16+. The van der Waals surface area contributed by atoms with Crippen molar-refractivity contribution in [3.63, 3.8) is 0 Å². The molecule has 0 saturated heterocycles. The molecular formula is C21H17NO5S. The van der Waals surface area contributed by atoms with E-state index in [1.165, 1.54) is 12.1 Å². The van der Waals surface area contributed by atoms with E-state index in [4.69, 9.17) is 8.92 Å². The number of anilines is 1. The summed E-state index contributed by atoms with van der Waals surface area (Å²) in [5.74, 6) is -0.765. The van der Waals surface area contributed by atoms with Gasteiger partial charge in [-0.1, -0.05) is 54.6 Å². The van der Waals surface area contributed by atoms with Gasteiger partial charge >= 0.3 is 16.1 Å². The highest BCUT2D eigenvalue weighted by Crippen LogP contribution is 2.20. The van der Waals surface area contributed by atoms with Crippen molar-refractivity contribution in [3.8, 4) is 11.5 Å². The SMILES string of the molecule is O=C(Oc1ccccc1)/C(=C\Nc1ccccc1)S(=O)(=O)Oc1ccccc1. The number of nitrogens with one attached hydrogen (secondary N) is 1. The average molecular weight is 395 g/mol. The third kappa shape index (κ3) is 5.21. The van der Waals surface area contributed by atoms with Crippen molar-refractivity contribution >= 4 is 21.8 Å². The highest BCUT2D eigenvalue weighted by molar-refractivity contribution is 7.92. The monoisotopic (exact) mass is 395 g/mol. The van der Waals surface area contributed by atoms with Crippen LogP contribution in [0.5, 0.6) is 11.5 Å². The number of esters is 1. The van der Waals surface area contributed by atoms with Crippen LogP contribution in [-0.2, 0) is 14.9 Å². The Balaban J connectivity index is 1.90. The normalized spacial score (nSPS) is 11.5. The van der Waals surface area contributed by atoms with Crippen molar-refractivity contribution in [2.75, 3.05) is 5.32 Å². The third-order valence-electron chi connectivity index (χ3n) is 3.52. The van der Waals surface area contributed by atoms with Gasteiger partial charge in [0.05, 0.1) is 0 Å². The molecule has 0 amide bonds. The van der Waals surface area contributed by atoms with Gasteiger partial charge in [-0.25, -0.2) is 4.79 Å². The molecule has 0 radical (unpaired) electrons. The lowest BCUT2D eigenvalue weighted by Crippen LogP contribution is -2.23. The average Bonchev–Trinajstić information content (AvgIpc) is 2.70. The zero-order chi connectivity index (χ0) is 19.8. The van der Waals surface area contributed by atoms with Crippen LogP contribution in [0.2, 0.25) is 0 Å². The van der Waals surface area contributed by atoms with Gasteiger partial charge in [-0.2, -0.15) is 8.42 Å². The van der Waals surface area contributed by atoms with Crippen LogP contribution in [0.3, 0.4) is 0 Å². The highest BCUT2D eigenvalue weighted by atomic mass is 32.2. The number of hydrogen-bond acceptors (Lipinski definition) is 6. The summed E-state index contributed by atoms with van der Waals surface area (Å²) in [6.07, 6.45) is 1.05. The second kappa shape index (κ2) is 8.88. The summed E-state index contributed by atoms with van der Waals surface area (Å²) in [6, 6.07) is 24.9. The molecule has 7 heteroatoms. The molecule has 3 aromatic carbocycles. The first-order valence-corrected chi connectivity index (χ1v) is 9.74. The minimum atomic E-state index is -4.44. The van der Waals surface area contributed by atoms with Gasteiger partial charge in [-0.3, -0.25) is 0 Å². The quantitative estimate of drug-likeness (QED) is 0.282. The molecule has 1 N–H and O–H groups in total. The second-order valence-corrected chi connectivity index (χ2v) is 7.09. The van der Waals surface area contributed by atoms with E-state index in [0.29, 0.717) is 5.69 Å². The number of hydrogen-bond donors (Lipinski definition) is 1. The van der Waals surface area contributed by atoms with Crippen LogP contribution in [0, 0.1) is 0 Å². The number of ether oxygens (including phenoxy) is 1. The van der Waals surface area contributed by atoms with E-state index in [9.17, 15) is 13.2 Å². The van der Waals surface area contributed by atoms with Crippen LogP contribution >= 0.6 is 0 Å². The van der Waals surface area contributed by atoms with Crippen molar-refractivity contribution in [2.45, 2.75) is 0 Å². The predicted octanol–water partition coefficient (Wildman–Crippen LogP) is 3.95. The Kier molecular flexibility index (Phi) is 6.08. The summed E-state index contributed by atoms with van der Waals surface area (Å²) in [4.78, 5) is 11.9. The topological polar surface area (TPSA) is 81.7 Å². The first-order valence-electron chi connectivity index (χ1n) is 8.33. The van der Waals surface area contributed by atoms with E-state index in [1.54, 1.807) is 72.8 Å². The van der Waals surface area contributed by atoms with Gasteiger partial charge in [0.1, 0.15) is 11.5 Å². The van der Waals surface area contributed by atoms with Gasteiger partial charge in [0.15, 0.2) is 0 Å². The van der Waals surface area contributed by atoms with Crippen LogP contribution in [0.4, 0.5) is 5.69 Å². The van der Waals surface area contributed by atoms with E-state index in [0.717, 1.165) is 6.20 Å². The molecule has 0 heterocycles. The van der Waals surface area contributed by atoms with Crippen LogP contribution in [0.1, 0.15) is 0 Å². The van der Waals surface area contributed by atoms with Gasteiger partial charge in [-0.05, 0) is 36.4 Å². The number of benzene rings is 3. The highest BCUT2D eigenvalue weighted by Gasteiger charge is 2.29. The Bertz CT molecular complexity index is 1050. The van der Waals surface area contributed by atoms with Crippen LogP contribution in [0.15, 0.2) is 102 Å². The number of rotatable bonds is 7. The fraction of sp³-hybridized carbons (Fsp3) is 0. The van der Waals surface area contributed by atoms with Gasteiger partial charge in [-0.15, -0.1) is 0 Å². The fourth-order valence-electron chi connectivity index (χ4n) is 2.21. The molecule has 0 saturated carbocycles. The Morgan fingerprint density at radius 2 is 1.25 bits per heavy atom. The Labute approximate surface area is 163 Å². The van der Waals surface area contributed by atoms with Crippen LogP contribution in [0.25, 0.3) is 0 Å². The van der Waals surface area contributed by atoms with Gasteiger partial charge in [0, 0.05) is 11.9 Å². The fourth-order valence-corrected chi connectivity index (χ4v) is 3.11. The lowest BCUT2D eigenvalue weighted by atomic mass is 10.3. The molecule has 6 nitrogen and oxygen atoms in total. The molecule has 0 aliphatic carbocycles. The van der Waals surface area contributed by atoms with E-state index in [2.05, 4.69) is 5.32 Å². The second-order valence-electron chi connectivity index (χ2n) is 5.57. The first-order chi connectivity index (χ1) is 13.5. The molecule has 142 valence electrons. The number of carbonyl (C=O) groups is 1. The maximum Gasteiger partial charge on any atom is 0.360 e. The first kappa shape index (κ1) is 19.2. The van der Waals surface area contributed by atoms with E-state index < -0.39 is 21.0 Å². The maximum atomic E-state index is 12.7. The van der Waals surface area contributed by atoms with Crippen molar-refractivity contribution in [1.29, 1.82) is 0 Å². The molecule has 0 aromatic heterocycles. The summed E-state index contributed by atoms with van der Waals surface area (Å²) < 4.78 is 35.7. The molecule has 0 spiro atoms. The van der Waals surface area contributed by atoms with Crippen molar-refractivity contribution in [3.05, 3.63) is 102 Å². The minimum absolute atomic E-state index is 0.0839. The summed E-state index contributed by atoms with van der Waals surface area (Å²) in [5, 5.41) is 2.78. The minimum Gasteiger partial charge on any atom is -0.422 e. The molecule has 3 aromatic rings. The van der Waals surface area contributed by atoms with Crippen molar-refractivity contribution in [1.82, 2.24) is 0 Å². The van der Waals surface area contributed by atoms with E-state index in [1.807, 2.05) is 6.07 Å². The van der Waals surface area contributed by atoms with Gasteiger partial charge in [0.2, 0.25) is 4.91 Å². The summed E-state index contributed by atoms with van der Waals surface area (Å²) in [7, 11) is -4.44. The number of carbonyl (C=O) groups excluding carboxylic acids is 1. The Morgan fingerprint density at radius 3 is 1.82 bits per heavy atom. The predicted molar refractivity (Wildman–Crippen MR) is 106 cm³/mol. The number of para-hydroxylation sites is 3.